The predicted octanol–water partition coefficient (Wildman–Crippen LogP) is 2.85. The highest BCUT2D eigenvalue weighted by atomic mass is 19.4. The second-order valence-corrected chi connectivity index (χ2v) is 3.92. The van der Waals surface area contributed by atoms with E-state index in [-0.39, 0.29) is 0 Å². The summed E-state index contributed by atoms with van der Waals surface area (Å²) in [4.78, 5) is 10.8. The van der Waals surface area contributed by atoms with Gasteiger partial charge >= 0.3 is 6.18 Å². The molecule has 0 amide bonds. The third kappa shape index (κ3) is 2.33. The number of halogens is 3. The molecule has 17 heavy (non-hydrogen) atoms. The van der Waals surface area contributed by atoms with E-state index in [0.717, 1.165) is 10.9 Å². The summed E-state index contributed by atoms with van der Waals surface area (Å²) in [6.45, 7) is 0. The van der Waals surface area contributed by atoms with Gasteiger partial charge in [-0.3, -0.25) is 4.79 Å². The average molecular weight is 241 g/mol. The first kappa shape index (κ1) is 11.7. The number of carbonyl (C=O) groups excluding carboxylic acids is 1. The molecular formula is C12H10F3NO. The number of hydrogen-bond donors (Lipinski definition) is 0. The molecule has 5 heteroatoms. The summed E-state index contributed by atoms with van der Waals surface area (Å²) in [5.74, 6) is -1.72. The lowest BCUT2D eigenvalue weighted by atomic mass is 10.1. The number of ketones is 1. The Balaban J connectivity index is 2.29. The molecule has 0 saturated carbocycles. The third-order valence-corrected chi connectivity index (χ3v) is 2.63. The van der Waals surface area contributed by atoms with Gasteiger partial charge in [0.25, 0.3) is 0 Å². The molecule has 0 spiro atoms. The van der Waals surface area contributed by atoms with Crippen molar-refractivity contribution in [2.45, 2.75) is 12.6 Å². The van der Waals surface area contributed by atoms with Gasteiger partial charge in [0.2, 0.25) is 5.78 Å². The van der Waals surface area contributed by atoms with Crippen LogP contribution in [-0.2, 0) is 18.3 Å². The average Bonchev–Trinajstić information content (AvgIpc) is 2.59. The zero-order chi connectivity index (χ0) is 12.6. The van der Waals surface area contributed by atoms with E-state index in [1.807, 2.05) is 17.8 Å². The Morgan fingerprint density at radius 3 is 2.65 bits per heavy atom. The van der Waals surface area contributed by atoms with Crippen LogP contribution in [0.25, 0.3) is 10.9 Å². The molecule has 0 aliphatic rings. The summed E-state index contributed by atoms with van der Waals surface area (Å²) in [6.07, 6.45) is -3.54. The molecule has 1 heterocycles. The van der Waals surface area contributed by atoms with Crippen molar-refractivity contribution in [1.82, 2.24) is 4.57 Å². The van der Waals surface area contributed by atoms with Crippen molar-refractivity contribution in [3.05, 3.63) is 36.0 Å². The lowest BCUT2D eigenvalue weighted by molar-refractivity contribution is -0.170. The maximum Gasteiger partial charge on any atom is 0.450 e. The van der Waals surface area contributed by atoms with Gasteiger partial charge in [0.05, 0.1) is 0 Å². The van der Waals surface area contributed by atoms with Crippen LogP contribution in [0.15, 0.2) is 30.5 Å². The minimum absolute atomic E-state index is 0.381. The van der Waals surface area contributed by atoms with Crippen molar-refractivity contribution in [3.8, 4) is 0 Å². The van der Waals surface area contributed by atoms with Crippen LogP contribution in [0.4, 0.5) is 13.2 Å². The van der Waals surface area contributed by atoms with Crippen molar-refractivity contribution < 1.29 is 18.0 Å². The van der Waals surface area contributed by atoms with Crippen molar-refractivity contribution in [2.24, 2.45) is 7.05 Å². The van der Waals surface area contributed by atoms with E-state index in [4.69, 9.17) is 0 Å². The van der Waals surface area contributed by atoms with Crippen LogP contribution < -0.4 is 0 Å². The number of aromatic nitrogens is 1. The Bertz CT molecular complexity index is 569. The lowest BCUT2D eigenvalue weighted by Gasteiger charge is -2.05. The number of benzene rings is 1. The molecule has 1 aromatic carbocycles. The van der Waals surface area contributed by atoms with Gasteiger partial charge < -0.3 is 4.57 Å². The molecule has 0 aliphatic carbocycles. The van der Waals surface area contributed by atoms with Crippen LogP contribution in [0.1, 0.15) is 5.56 Å². The molecule has 0 aliphatic heterocycles. The molecule has 0 unspecified atom stereocenters. The highest BCUT2D eigenvalue weighted by Gasteiger charge is 2.37. The Morgan fingerprint density at radius 2 is 2.00 bits per heavy atom. The fourth-order valence-corrected chi connectivity index (χ4v) is 1.73. The molecule has 2 nitrogen and oxygen atoms in total. The molecular weight excluding hydrogens is 231 g/mol. The Morgan fingerprint density at radius 1 is 1.29 bits per heavy atom. The molecule has 0 radical (unpaired) electrons. The van der Waals surface area contributed by atoms with Gasteiger partial charge in [0.15, 0.2) is 0 Å². The quantitative estimate of drug-likeness (QED) is 0.792. The molecule has 0 fully saturated rings. The lowest BCUT2D eigenvalue weighted by Crippen LogP contribution is -2.24. The largest absolute Gasteiger partial charge is 0.450 e. The van der Waals surface area contributed by atoms with Crippen LogP contribution in [0.5, 0.6) is 0 Å². The number of Topliss-reactive ketones (excluding diaryl/α,β-unsaturated/α-hetero) is 1. The summed E-state index contributed by atoms with van der Waals surface area (Å²) in [5.41, 5.74) is 1.30. The van der Waals surface area contributed by atoms with Crippen molar-refractivity contribution in [2.75, 3.05) is 0 Å². The summed E-state index contributed by atoms with van der Waals surface area (Å²) >= 11 is 0. The third-order valence-electron chi connectivity index (χ3n) is 2.63. The minimum Gasteiger partial charge on any atom is -0.351 e. The van der Waals surface area contributed by atoms with E-state index in [1.165, 1.54) is 0 Å². The number of nitrogens with zero attached hydrogens (tertiary/aromatic N) is 1. The number of alkyl halides is 3. The molecule has 2 rings (SSSR count). The summed E-state index contributed by atoms with van der Waals surface area (Å²) in [6, 6.07) is 6.68. The van der Waals surface area contributed by atoms with Gasteiger partial charge in [-0.2, -0.15) is 13.2 Å². The molecule has 0 N–H and O–H groups in total. The van der Waals surface area contributed by atoms with Gasteiger partial charge in [-0.05, 0) is 29.1 Å². The standard InChI is InChI=1S/C12H10F3NO/c1-16-5-4-9-6-8(2-3-10(9)16)7-11(17)12(13,14)15/h2-6H,7H2,1H3. The van der Waals surface area contributed by atoms with Crippen molar-refractivity contribution >= 4 is 16.7 Å². The predicted molar refractivity (Wildman–Crippen MR) is 57.7 cm³/mol. The summed E-state index contributed by atoms with van der Waals surface area (Å²) < 4.78 is 38.2. The van der Waals surface area contributed by atoms with Crippen LogP contribution in [0.3, 0.4) is 0 Å². The zero-order valence-electron chi connectivity index (χ0n) is 9.08. The van der Waals surface area contributed by atoms with Crippen LogP contribution >= 0.6 is 0 Å². The number of carbonyl (C=O) groups is 1. The molecule has 0 bridgehead atoms. The van der Waals surface area contributed by atoms with Gasteiger partial charge in [-0.25, -0.2) is 0 Å². The van der Waals surface area contributed by atoms with E-state index in [1.54, 1.807) is 24.3 Å². The highest BCUT2D eigenvalue weighted by molar-refractivity contribution is 5.88. The molecule has 0 saturated heterocycles. The fourth-order valence-electron chi connectivity index (χ4n) is 1.73. The second-order valence-electron chi connectivity index (χ2n) is 3.92. The van der Waals surface area contributed by atoms with Gasteiger partial charge in [-0.15, -0.1) is 0 Å². The molecule has 2 aromatic rings. The monoisotopic (exact) mass is 241 g/mol. The number of hydrogen-bond acceptors (Lipinski definition) is 1. The van der Waals surface area contributed by atoms with Crippen LogP contribution in [0.2, 0.25) is 0 Å². The van der Waals surface area contributed by atoms with Gasteiger partial charge in [0, 0.05) is 25.2 Å². The first-order chi connectivity index (χ1) is 7.88. The first-order valence-electron chi connectivity index (χ1n) is 5.02. The summed E-state index contributed by atoms with van der Waals surface area (Å²) in [7, 11) is 1.85. The maximum absolute atomic E-state index is 12.1. The van der Waals surface area contributed by atoms with E-state index in [0.29, 0.717) is 5.56 Å². The molecule has 1 aromatic heterocycles. The Hall–Kier alpha value is -1.78. The minimum atomic E-state index is -4.76. The van der Waals surface area contributed by atoms with Crippen molar-refractivity contribution in [3.63, 3.8) is 0 Å². The van der Waals surface area contributed by atoms with Crippen LogP contribution in [0, 0.1) is 0 Å². The Kier molecular flexibility index (Phi) is 2.69. The number of aryl methyl sites for hydroxylation is 1. The summed E-state index contributed by atoms with van der Waals surface area (Å²) in [5, 5.41) is 0.833. The highest BCUT2D eigenvalue weighted by Crippen LogP contribution is 2.21. The van der Waals surface area contributed by atoms with E-state index in [2.05, 4.69) is 0 Å². The smallest absolute Gasteiger partial charge is 0.351 e. The van der Waals surface area contributed by atoms with Crippen molar-refractivity contribution in [1.29, 1.82) is 0 Å². The second kappa shape index (κ2) is 3.91. The van der Waals surface area contributed by atoms with E-state index < -0.39 is 18.4 Å². The first-order valence-corrected chi connectivity index (χ1v) is 5.02. The SMILES string of the molecule is Cn1ccc2cc(CC(=O)C(F)(F)F)ccc21. The maximum atomic E-state index is 12.1. The van der Waals surface area contributed by atoms with E-state index in [9.17, 15) is 18.0 Å². The number of fused-ring (bicyclic) bond motifs is 1. The topological polar surface area (TPSA) is 22.0 Å². The van der Waals surface area contributed by atoms with Crippen LogP contribution in [-0.4, -0.2) is 16.5 Å². The number of rotatable bonds is 2. The normalized spacial score (nSPS) is 12.0. The molecule has 90 valence electrons. The molecule has 0 atom stereocenters. The van der Waals surface area contributed by atoms with Gasteiger partial charge in [-0.1, -0.05) is 6.07 Å². The fraction of sp³-hybridized carbons (Fsp3) is 0.250. The van der Waals surface area contributed by atoms with Gasteiger partial charge in [0.1, 0.15) is 0 Å². The Labute approximate surface area is 95.7 Å². The van der Waals surface area contributed by atoms with E-state index >= 15 is 0 Å². The zero-order valence-corrected chi connectivity index (χ0v) is 9.08.